The maximum atomic E-state index is 3.34. The summed E-state index contributed by atoms with van der Waals surface area (Å²) >= 11 is 0. The molecular weight excluding hydrogens is 160 g/mol. The zero-order valence-electron chi connectivity index (χ0n) is 9.44. The minimum atomic E-state index is 1.05. The van der Waals surface area contributed by atoms with Crippen LogP contribution in [-0.4, -0.2) is 30.1 Å². The lowest BCUT2D eigenvalue weighted by Crippen LogP contribution is -2.38. The molecule has 1 heterocycles. The summed E-state index contributed by atoms with van der Waals surface area (Å²) in [5.74, 6) is 0. The van der Waals surface area contributed by atoms with Gasteiger partial charge in [-0.15, -0.1) is 0 Å². The third-order valence-electron chi connectivity index (χ3n) is 2.71. The summed E-state index contributed by atoms with van der Waals surface area (Å²) in [6.07, 6.45) is 0. The molecule has 0 unspecified atom stereocenters. The van der Waals surface area contributed by atoms with E-state index in [0.29, 0.717) is 0 Å². The highest BCUT2D eigenvalue weighted by molar-refractivity contribution is 5.23. The zero-order chi connectivity index (χ0) is 10.1. The van der Waals surface area contributed by atoms with Crippen molar-refractivity contribution in [3.05, 3.63) is 23.0 Å². The fourth-order valence-corrected chi connectivity index (χ4v) is 1.52. The molecule has 1 N–H and O–H groups in total. The van der Waals surface area contributed by atoms with Gasteiger partial charge < -0.3 is 9.47 Å². The number of H-pyrrole nitrogens is 1. The fraction of sp³-hybridized carbons (Fsp3) is 0.636. The standard InChI is InChI=1S/C11H21N2/c1-6-13(4,5)8-11-7-9(2)12-10(11)3/h7,12H,6,8H2,1-5H3/q+1. The fourth-order valence-electron chi connectivity index (χ4n) is 1.52. The second-order valence-electron chi connectivity index (χ2n) is 4.51. The van der Waals surface area contributed by atoms with E-state index in [9.17, 15) is 0 Å². The molecule has 0 amide bonds. The maximum Gasteiger partial charge on any atom is 0.106 e. The Morgan fingerprint density at radius 3 is 2.31 bits per heavy atom. The van der Waals surface area contributed by atoms with Crippen LogP contribution in [0, 0.1) is 13.8 Å². The van der Waals surface area contributed by atoms with Crippen LogP contribution in [0.5, 0.6) is 0 Å². The molecule has 0 aromatic carbocycles. The molecule has 1 aromatic rings. The average molecular weight is 181 g/mol. The van der Waals surface area contributed by atoms with Crippen LogP contribution in [0.25, 0.3) is 0 Å². The topological polar surface area (TPSA) is 15.8 Å². The van der Waals surface area contributed by atoms with E-state index in [2.05, 4.69) is 45.9 Å². The smallest absolute Gasteiger partial charge is 0.106 e. The lowest BCUT2D eigenvalue weighted by atomic mass is 10.2. The van der Waals surface area contributed by atoms with Gasteiger partial charge in [0.15, 0.2) is 0 Å². The highest BCUT2D eigenvalue weighted by atomic mass is 15.3. The SMILES string of the molecule is CC[N+](C)(C)Cc1cc(C)[nH]c1C. The first-order chi connectivity index (χ1) is 5.94. The second kappa shape index (κ2) is 3.54. The summed E-state index contributed by atoms with van der Waals surface area (Å²) in [4.78, 5) is 3.34. The van der Waals surface area contributed by atoms with E-state index in [0.717, 1.165) is 11.0 Å². The van der Waals surface area contributed by atoms with Gasteiger partial charge in [-0.05, 0) is 26.8 Å². The van der Waals surface area contributed by atoms with Crippen LogP contribution in [0.4, 0.5) is 0 Å². The molecule has 13 heavy (non-hydrogen) atoms. The molecule has 0 fully saturated rings. The van der Waals surface area contributed by atoms with Gasteiger partial charge in [-0.2, -0.15) is 0 Å². The Kier molecular flexibility index (Phi) is 2.81. The lowest BCUT2D eigenvalue weighted by molar-refractivity contribution is -0.901. The van der Waals surface area contributed by atoms with Crippen LogP contribution in [-0.2, 0) is 6.54 Å². The molecule has 2 nitrogen and oxygen atoms in total. The Morgan fingerprint density at radius 2 is 1.92 bits per heavy atom. The normalized spacial score (nSPS) is 12.1. The molecule has 1 aromatic heterocycles. The third kappa shape index (κ3) is 2.59. The Balaban J connectivity index is 2.79. The molecule has 74 valence electrons. The predicted molar refractivity (Wildman–Crippen MR) is 56.6 cm³/mol. The number of aromatic nitrogens is 1. The summed E-state index contributed by atoms with van der Waals surface area (Å²) in [6.45, 7) is 8.78. The minimum Gasteiger partial charge on any atom is -0.362 e. The lowest BCUT2D eigenvalue weighted by Gasteiger charge is -2.28. The first-order valence-electron chi connectivity index (χ1n) is 4.91. The van der Waals surface area contributed by atoms with E-state index in [4.69, 9.17) is 0 Å². The Morgan fingerprint density at radius 1 is 1.31 bits per heavy atom. The molecule has 0 radical (unpaired) electrons. The van der Waals surface area contributed by atoms with E-state index >= 15 is 0 Å². The molecule has 0 saturated heterocycles. The second-order valence-corrected chi connectivity index (χ2v) is 4.51. The molecule has 0 bridgehead atoms. The maximum absolute atomic E-state index is 3.34. The summed E-state index contributed by atoms with van der Waals surface area (Å²) in [5, 5.41) is 0. The molecule has 0 atom stereocenters. The molecule has 1 rings (SSSR count). The zero-order valence-corrected chi connectivity index (χ0v) is 9.44. The monoisotopic (exact) mass is 181 g/mol. The van der Waals surface area contributed by atoms with Crippen molar-refractivity contribution in [2.24, 2.45) is 0 Å². The Bertz CT molecular complexity index is 284. The van der Waals surface area contributed by atoms with Crippen LogP contribution < -0.4 is 0 Å². The number of aromatic amines is 1. The number of hydrogen-bond donors (Lipinski definition) is 1. The van der Waals surface area contributed by atoms with Crippen molar-refractivity contribution < 1.29 is 4.48 Å². The number of quaternary nitrogens is 1. The van der Waals surface area contributed by atoms with E-state index in [1.807, 2.05) is 0 Å². The molecular formula is C11H21N2+. The average Bonchev–Trinajstić information content (AvgIpc) is 2.30. The first kappa shape index (κ1) is 10.3. The van der Waals surface area contributed by atoms with Crippen LogP contribution in [0.2, 0.25) is 0 Å². The molecule has 2 heteroatoms. The van der Waals surface area contributed by atoms with Crippen LogP contribution in [0.15, 0.2) is 6.07 Å². The molecule has 0 saturated carbocycles. The van der Waals surface area contributed by atoms with Crippen molar-refractivity contribution in [1.29, 1.82) is 0 Å². The molecule has 0 aliphatic rings. The number of nitrogens with zero attached hydrogens (tertiary/aromatic N) is 1. The van der Waals surface area contributed by atoms with E-state index in [-0.39, 0.29) is 0 Å². The largest absolute Gasteiger partial charge is 0.362 e. The summed E-state index contributed by atoms with van der Waals surface area (Å²) in [7, 11) is 4.53. The van der Waals surface area contributed by atoms with Crippen molar-refractivity contribution in [2.45, 2.75) is 27.3 Å². The number of hydrogen-bond acceptors (Lipinski definition) is 0. The highest BCUT2D eigenvalue weighted by Gasteiger charge is 2.15. The summed E-state index contributed by atoms with van der Waals surface area (Å²) < 4.78 is 1.05. The van der Waals surface area contributed by atoms with Gasteiger partial charge in [0.1, 0.15) is 6.54 Å². The van der Waals surface area contributed by atoms with Gasteiger partial charge in [-0.3, -0.25) is 0 Å². The van der Waals surface area contributed by atoms with Gasteiger partial charge in [0.05, 0.1) is 20.6 Å². The third-order valence-corrected chi connectivity index (χ3v) is 2.71. The minimum absolute atomic E-state index is 1.05. The van der Waals surface area contributed by atoms with Gasteiger partial charge in [-0.1, -0.05) is 0 Å². The van der Waals surface area contributed by atoms with Crippen molar-refractivity contribution >= 4 is 0 Å². The van der Waals surface area contributed by atoms with Crippen LogP contribution in [0.1, 0.15) is 23.9 Å². The predicted octanol–water partition coefficient (Wildman–Crippen LogP) is 2.23. The van der Waals surface area contributed by atoms with E-state index in [1.54, 1.807) is 0 Å². The van der Waals surface area contributed by atoms with Crippen molar-refractivity contribution in [3.8, 4) is 0 Å². The van der Waals surface area contributed by atoms with E-state index in [1.165, 1.54) is 23.5 Å². The highest BCUT2D eigenvalue weighted by Crippen LogP contribution is 2.14. The summed E-state index contributed by atoms with van der Waals surface area (Å²) in [5.41, 5.74) is 4.03. The number of aryl methyl sites for hydroxylation is 2. The van der Waals surface area contributed by atoms with Crippen molar-refractivity contribution in [2.75, 3.05) is 20.6 Å². The molecule has 0 aliphatic heterocycles. The van der Waals surface area contributed by atoms with Gasteiger partial charge in [0.2, 0.25) is 0 Å². The molecule has 0 spiro atoms. The van der Waals surface area contributed by atoms with Gasteiger partial charge in [0, 0.05) is 17.0 Å². The van der Waals surface area contributed by atoms with Crippen LogP contribution >= 0.6 is 0 Å². The van der Waals surface area contributed by atoms with Crippen molar-refractivity contribution in [3.63, 3.8) is 0 Å². The Labute approximate surface area is 81.2 Å². The number of nitrogens with one attached hydrogen (secondary N) is 1. The van der Waals surface area contributed by atoms with Crippen molar-refractivity contribution in [1.82, 2.24) is 4.98 Å². The van der Waals surface area contributed by atoms with Crippen LogP contribution in [0.3, 0.4) is 0 Å². The number of rotatable bonds is 3. The van der Waals surface area contributed by atoms with Gasteiger partial charge >= 0.3 is 0 Å². The molecule has 0 aliphatic carbocycles. The van der Waals surface area contributed by atoms with Gasteiger partial charge in [0.25, 0.3) is 0 Å². The van der Waals surface area contributed by atoms with E-state index < -0.39 is 0 Å². The van der Waals surface area contributed by atoms with Gasteiger partial charge in [-0.25, -0.2) is 0 Å². The quantitative estimate of drug-likeness (QED) is 0.688. The Hall–Kier alpha value is -0.760. The summed E-state index contributed by atoms with van der Waals surface area (Å²) in [6, 6.07) is 2.25. The first-order valence-corrected chi connectivity index (χ1v) is 4.91.